The minimum Gasteiger partial charge on any atom is -0.469 e. The first-order chi connectivity index (χ1) is 32.0. The van der Waals surface area contributed by atoms with Crippen molar-refractivity contribution < 1.29 is 67.3 Å². The highest BCUT2D eigenvalue weighted by molar-refractivity contribution is 5.85. The average Bonchev–Trinajstić information content (AvgIpc) is 3.70. The zero-order valence-corrected chi connectivity index (χ0v) is 37.7. The van der Waals surface area contributed by atoms with Crippen molar-refractivity contribution in [2.45, 2.75) is 90.3 Å². The van der Waals surface area contributed by atoms with Gasteiger partial charge in [-0.05, 0) is 6.92 Å². The van der Waals surface area contributed by atoms with E-state index in [2.05, 4.69) is 4.74 Å². The van der Waals surface area contributed by atoms with Gasteiger partial charge in [0.1, 0.15) is 33.5 Å². The largest absolute Gasteiger partial charge is 0.469 e. The zero-order valence-electron chi connectivity index (χ0n) is 37.7. The molecule has 0 aliphatic carbocycles. The number of hydrogen-bond donors (Lipinski definition) is 2. The maximum absolute atomic E-state index is 13.5. The molecule has 2 aliphatic rings. The van der Waals surface area contributed by atoms with Gasteiger partial charge in [-0.15, -0.1) is 0 Å². The van der Waals surface area contributed by atoms with Crippen molar-refractivity contribution in [1.82, 2.24) is 47.0 Å². The molecule has 2 aliphatic heterocycles. The van der Waals surface area contributed by atoms with Gasteiger partial charge in [0.05, 0.1) is 71.9 Å². The van der Waals surface area contributed by atoms with Crippen LogP contribution in [0.4, 0.5) is 9.59 Å². The van der Waals surface area contributed by atoms with Crippen LogP contribution in [0.1, 0.15) is 32.6 Å². The van der Waals surface area contributed by atoms with Crippen LogP contribution in [0.25, 0.3) is 0 Å². The third-order valence-corrected chi connectivity index (χ3v) is 10.3. The average molecular weight is 961 g/mol. The highest BCUT2D eigenvalue weighted by atomic mass is 16.5. The summed E-state index contributed by atoms with van der Waals surface area (Å²) in [6.45, 7) is -4.76. The van der Waals surface area contributed by atoms with Crippen molar-refractivity contribution in [3.8, 4) is 0 Å². The van der Waals surface area contributed by atoms with Crippen molar-refractivity contribution in [2.24, 2.45) is 0 Å². The van der Waals surface area contributed by atoms with Gasteiger partial charge in [-0.1, -0.05) is 0 Å². The van der Waals surface area contributed by atoms with E-state index in [0.717, 1.165) is 7.11 Å². The Hall–Kier alpha value is -6.47. The van der Waals surface area contributed by atoms with Gasteiger partial charge in [0.2, 0.25) is 0 Å². The SMILES string of the molecule is COCN1C(=O)N(COC)C2C1N(COC)C(=O)N2COCCn1c(=O)n(CCO)c(=O)n(CCOC(=O)CCn2c(=O)n(CCC(=O)OC)c(=O)n(CCC(=O)OCCC(C)O)c2=O)c1=O. The quantitative estimate of drug-likeness (QED) is 0.0456. The van der Waals surface area contributed by atoms with E-state index >= 15 is 0 Å². The molecule has 2 N–H and O–H groups in total. The molecule has 2 aromatic rings. The summed E-state index contributed by atoms with van der Waals surface area (Å²) in [5, 5.41) is 19.0. The highest BCUT2D eigenvalue weighted by Crippen LogP contribution is 2.34. The summed E-state index contributed by atoms with van der Waals surface area (Å²) >= 11 is 0. The van der Waals surface area contributed by atoms with E-state index in [-0.39, 0.29) is 33.2 Å². The number of carbonyl (C=O) groups excluding carboxylic acids is 5. The first kappa shape index (κ1) is 53.1. The van der Waals surface area contributed by atoms with E-state index in [9.17, 15) is 63.0 Å². The van der Waals surface area contributed by atoms with Gasteiger partial charge in [-0.25, -0.2) is 65.8 Å². The molecule has 0 radical (unpaired) electrons. The van der Waals surface area contributed by atoms with Crippen LogP contribution in [0.2, 0.25) is 0 Å². The van der Waals surface area contributed by atoms with Crippen LogP contribution in [0.5, 0.6) is 0 Å². The molecule has 0 spiro atoms. The number of rotatable bonds is 28. The Kier molecular flexibility index (Phi) is 19.7. The standard InChI is InChI=1S/C37H56N10O20/c1-24(49)9-17-66-26(51)7-11-39-30(53)38(10-6-25(50)64-5)31(54)40(32(39)55)12-8-27(52)67-19-15-43-34(57)41(13-16-48)33(56)42(35(43)58)14-18-65-23-47-29-28(45(21-62-3)37(47)60)44(20-61-2)36(59)46(29)22-63-4/h24,28-29,48-49H,6-23H2,1-5H3. The van der Waals surface area contributed by atoms with Crippen LogP contribution in [0.15, 0.2) is 28.8 Å². The highest BCUT2D eigenvalue weighted by Gasteiger charge is 2.59. The second-order valence-corrected chi connectivity index (χ2v) is 14.8. The summed E-state index contributed by atoms with van der Waals surface area (Å²) in [5.41, 5.74) is -6.95. The molecule has 30 heteroatoms. The lowest BCUT2D eigenvalue weighted by Crippen LogP contribution is -2.55. The Morgan fingerprint density at radius 3 is 1.21 bits per heavy atom. The van der Waals surface area contributed by atoms with Gasteiger partial charge in [-0.3, -0.25) is 34.0 Å². The number of aliphatic hydroxyl groups excluding tert-OH is 2. The Balaban J connectivity index is 1.47. The monoisotopic (exact) mass is 960 g/mol. The third kappa shape index (κ3) is 12.5. The van der Waals surface area contributed by atoms with Crippen LogP contribution in [-0.4, -0.2) is 187 Å². The lowest BCUT2D eigenvalue weighted by atomic mass is 10.3. The summed E-state index contributed by atoms with van der Waals surface area (Å²) < 4.78 is 39.4. The minimum atomic E-state index is -1.20. The topological polar surface area (TPSA) is 335 Å². The van der Waals surface area contributed by atoms with Gasteiger partial charge in [0, 0.05) is 47.4 Å². The molecule has 3 unspecified atom stereocenters. The summed E-state index contributed by atoms with van der Waals surface area (Å²) in [6, 6.07) is -1.09. The fourth-order valence-electron chi connectivity index (χ4n) is 7.09. The summed E-state index contributed by atoms with van der Waals surface area (Å²) in [6.07, 6.45) is -4.04. The summed E-state index contributed by atoms with van der Waals surface area (Å²) in [4.78, 5) is 149. The molecule has 30 nitrogen and oxygen atoms in total. The molecule has 0 bridgehead atoms. The molecule has 2 aromatic heterocycles. The zero-order chi connectivity index (χ0) is 49.5. The molecule has 2 fully saturated rings. The number of hydrogen-bond acceptors (Lipinski definition) is 20. The Morgan fingerprint density at radius 2 is 0.836 bits per heavy atom. The molecule has 3 atom stereocenters. The maximum Gasteiger partial charge on any atom is 0.336 e. The molecule has 374 valence electrons. The van der Waals surface area contributed by atoms with Crippen LogP contribution < -0.4 is 34.1 Å². The van der Waals surface area contributed by atoms with Gasteiger partial charge in [0.25, 0.3) is 0 Å². The molecule has 4 amide bonds. The first-order valence-electron chi connectivity index (χ1n) is 20.7. The predicted octanol–water partition coefficient (Wildman–Crippen LogP) is -5.54. The van der Waals surface area contributed by atoms with Crippen molar-refractivity contribution in [1.29, 1.82) is 0 Å². The number of methoxy groups -OCH3 is 4. The number of aliphatic hydroxyl groups is 2. The number of esters is 3. The number of fused-ring (bicyclic) bond motifs is 1. The fourth-order valence-corrected chi connectivity index (χ4v) is 7.09. The number of nitrogens with zero attached hydrogens (tertiary/aromatic N) is 10. The van der Waals surface area contributed by atoms with E-state index in [1.165, 1.54) is 47.9 Å². The van der Waals surface area contributed by atoms with Crippen LogP contribution in [-0.2, 0) is 86.8 Å². The Bertz CT molecular complexity index is 2450. The van der Waals surface area contributed by atoms with Crippen molar-refractivity contribution in [3.05, 3.63) is 62.9 Å². The predicted molar refractivity (Wildman–Crippen MR) is 222 cm³/mol. The number of urea groups is 2. The molecule has 4 rings (SSSR count). The first-order valence-corrected chi connectivity index (χ1v) is 20.7. The van der Waals surface area contributed by atoms with Crippen molar-refractivity contribution in [2.75, 3.05) is 81.8 Å². The second-order valence-electron chi connectivity index (χ2n) is 14.8. The number of amides is 4. The minimum absolute atomic E-state index is 0.131. The molecule has 0 saturated carbocycles. The van der Waals surface area contributed by atoms with Crippen molar-refractivity contribution in [3.63, 3.8) is 0 Å². The van der Waals surface area contributed by atoms with E-state index in [1.54, 1.807) is 0 Å². The second kappa shape index (κ2) is 24.9. The smallest absolute Gasteiger partial charge is 0.336 e. The van der Waals surface area contributed by atoms with E-state index < -0.39 is 168 Å². The van der Waals surface area contributed by atoms with Gasteiger partial charge < -0.3 is 43.4 Å². The van der Waals surface area contributed by atoms with Gasteiger partial charge in [0.15, 0.2) is 12.3 Å². The summed E-state index contributed by atoms with van der Waals surface area (Å²) in [5.74, 6) is -2.65. The Labute approximate surface area is 379 Å². The van der Waals surface area contributed by atoms with E-state index in [1.807, 2.05) is 0 Å². The van der Waals surface area contributed by atoms with E-state index in [4.69, 9.17) is 28.4 Å². The molecule has 0 aromatic carbocycles. The lowest BCUT2D eigenvalue weighted by molar-refractivity contribution is -0.145. The van der Waals surface area contributed by atoms with Crippen LogP contribution in [0, 0.1) is 0 Å². The van der Waals surface area contributed by atoms with Crippen LogP contribution >= 0.6 is 0 Å². The molecule has 2 saturated heterocycles. The number of carbonyl (C=O) groups is 5. The molecule has 67 heavy (non-hydrogen) atoms. The summed E-state index contributed by atoms with van der Waals surface area (Å²) in [7, 11) is 5.18. The van der Waals surface area contributed by atoms with Gasteiger partial charge >= 0.3 is 64.1 Å². The van der Waals surface area contributed by atoms with Crippen LogP contribution in [0.3, 0.4) is 0 Å². The normalized spacial score (nSPS) is 16.2. The third-order valence-electron chi connectivity index (χ3n) is 10.3. The fraction of sp³-hybridized carbons (Fsp3) is 0.703. The molecular formula is C37H56N10O20. The molecule has 4 heterocycles. The number of aromatic nitrogens is 6. The molecular weight excluding hydrogens is 904 g/mol. The number of ether oxygens (including phenoxy) is 7. The van der Waals surface area contributed by atoms with Crippen molar-refractivity contribution >= 4 is 30.0 Å². The van der Waals surface area contributed by atoms with E-state index in [0.29, 0.717) is 27.4 Å². The maximum atomic E-state index is 13.5. The lowest BCUT2D eigenvalue weighted by Gasteiger charge is -2.28. The van der Waals surface area contributed by atoms with Gasteiger partial charge in [-0.2, -0.15) is 0 Å². The Morgan fingerprint density at radius 1 is 0.493 bits per heavy atom.